The van der Waals surface area contributed by atoms with E-state index in [1.807, 2.05) is 30.3 Å². The molecule has 0 aromatic heterocycles. The minimum absolute atomic E-state index is 0.0997. The number of ketones is 1. The molecule has 3 rings (SSSR count). The molecule has 2 aromatic rings. The molecule has 2 aromatic carbocycles. The van der Waals surface area contributed by atoms with Gasteiger partial charge in [-0.2, -0.15) is 0 Å². The zero-order valence-corrected chi connectivity index (χ0v) is 15.8. The number of phenolic OH excluding ortho intramolecular Hbond substituents is 1. The van der Waals surface area contributed by atoms with Crippen LogP contribution in [-0.2, 0) is 10.8 Å². The molecule has 0 atom stereocenters. The number of Topliss-reactive ketones (excluding diaryl/α,β-unsaturated/α-hetero) is 1. The Morgan fingerprint density at radius 2 is 1.52 bits per heavy atom. The first-order chi connectivity index (χ1) is 11.5. The summed E-state index contributed by atoms with van der Waals surface area (Å²) in [4.78, 5) is 17.3. The van der Waals surface area contributed by atoms with Crippen molar-refractivity contribution in [1.29, 1.82) is 0 Å². The molecular formula is C22H25NO2. The Hall–Kier alpha value is -2.42. The van der Waals surface area contributed by atoms with Crippen molar-refractivity contribution >= 4 is 17.2 Å². The van der Waals surface area contributed by atoms with E-state index in [1.54, 1.807) is 6.07 Å². The van der Waals surface area contributed by atoms with Gasteiger partial charge in [-0.3, -0.25) is 4.79 Å². The van der Waals surface area contributed by atoms with E-state index < -0.39 is 0 Å². The van der Waals surface area contributed by atoms with E-state index in [0.29, 0.717) is 22.5 Å². The number of carbonyl (C=O) groups excluding carboxylic acids is 1. The summed E-state index contributed by atoms with van der Waals surface area (Å²) in [5, 5.41) is 10.9. The number of aliphatic imine (C=N–C) groups is 1. The molecule has 0 amide bonds. The third kappa shape index (κ3) is 2.99. The molecule has 0 radical (unpaired) electrons. The number of benzene rings is 2. The number of fused-ring (bicyclic) bond motifs is 1. The average Bonchev–Trinajstić information content (AvgIpc) is 2.82. The number of phenols is 1. The molecule has 0 spiro atoms. The maximum atomic E-state index is 12.8. The van der Waals surface area contributed by atoms with E-state index >= 15 is 0 Å². The molecule has 3 heteroatoms. The van der Waals surface area contributed by atoms with Crippen molar-refractivity contribution < 1.29 is 9.90 Å². The number of para-hydroxylation sites is 1. The lowest BCUT2D eigenvalue weighted by molar-refractivity contribution is 0.107. The molecule has 3 nitrogen and oxygen atoms in total. The van der Waals surface area contributed by atoms with Gasteiger partial charge in [-0.05, 0) is 34.6 Å². The van der Waals surface area contributed by atoms with Crippen molar-refractivity contribution in [2.24, 2.45) is 4.99 Å². The monoisotopic (exact) mass is 335 g/mol. The molecule has 1 aliphatic rings. The molecule has 1 heterocycles. The Labute approximate surface area is 149 Å². The van der Waals surface area contributed by atoms with Gasteiger partial charge in [0.1, 0.15) is 11.5 Å². The molecule has 25 heavy (non-hydrogen) atoms. The molecule has 0 unspecified atom stereocenters. The van der Waals surface area contributed by atoms with E-state index in [2.05, 4.69) is 46.5 Å². The van der Waals surface area contributed by atoms with Crippen LogP contribution in [0.15, 0.2) is 41.4 Å². The summed E-state index contributed by atoms with van der Waals surface area (Å²) in [7, 11) is 0. The Balaban J connectivity index is 2.26. The molecule has 130 valence electrons. The molecule has 1 aliphatic heterocycles. The Morgan fingerprint density at radius 3 is 2.08 bits per heavy atom. The minimum atomic E-state index is -0.241. The second-order valence-corrected chi connectivity index (χ2v) is 8.73. The predicted octanol–water partition coefficient (Wildman–Crippen LogP) is 5.30. The van der Waals surface area contributed by atoms with Gasteiger partial charge in [0.2, 0.25) is 5.78 Å². The first-order valence-electron chi connectivity index (χ1n) is 8.61. The Kier molecular flexibility index (Phi) is 3.86. The standard InChI is InChI=1S/C22H25NO2/c1-21(2,3)13-11-15(19(24)16(12-13)22(4,5)6)18-20(25)14-9-7-8-10-17(14)23-18/h7-12,24H,1-6H3. The number of hydrogen-bond donors (Lipinski definition) is 1. The number of hydrogen-bond acceptors (Lipinski definition) is 3. The number of aromatic hydroxyl groups is 1. The Morgan fingerprint density at radius 1 is 0.880 bits per heavy atom. The molecule has 0 aliphatic carbocycles. The van der Waals surface area contributed by atoms with Gasteiger partial charge in [0.25, 0.3) is 0 Å². The minimum Gasteiger partial charge on any atom is -0.507 e. The molecule has 0 fully saturated rings. The van der Waals surface area contributed by atoms with Crippen LogP contribution in [0.5, 0.6) is 5.75 Å². The summed E-state index contributed by atoms with van der Waals surface area (Å²) in [6.45, 7) is 12.6. The van der Waals surface area contributed by atoms with E-state index in [-0.39, 0.29) is 22.4 Å². The highest BCUT2D eigenvalue weighted by molar-refractivity contribution is 6.55. The maximum Gasteiger partial charge on any atom is 0.214 e. The van der Waals surface area contributed by atoms with Crippen LogP contribution < -0.4 is 0 Å². The number of carbonyl (C=O) groups is 1. The van der Waals surface area contributed by atoms with E-state index in [9.17, 15) is 9.90 Å². The van der Waals surface area contributed by atoms with Crippen molar-refractivity contribution in [2.45, 2.75) is 52.4 Å². The van der Waals surface area contributed by atoms with Crippen LogP contribution >= 0.6 is 0 Å². The summed E-state index contributed by atoms with van der Waals surface area (Å²) < 4.78 is 0. The lowest BCUT2D eigenvalue weighted by Gasteiger charge is -2.27. The molecular weight excluding hydrogens is 310 g/mol. The summed E-state index contributed by atoms with van der Waals surface area (Å²) in [5.74, 6) is 0.0252. The van der Waals surface area contributed by atoms with Gasteiger partial charge in [-0.1, -0.05) is 59.7 Å². The van der Waals surface area contributed by atoms with Gasteiger partial charge in [0.15, 0.2) is 0 Å². The maximum absolute atomic E-state index is 12.8. The van der Waals surface area contributed by atoms with Crippen molar-refractivity contribution in [3.63, 3.8) is 0 Å². The predicted molar refractivity (Wildman–Crippen MR) is 102 cm³/mol. The SMILES string of the molecule is CC(C)(C)c1cc(C2=Nc3ccccc3C2=O)c(O)c(C(C)(C)C)c1. The average molecular weight is 335 g/mol. The van der Waals surface area contributed by atoms with Crippen molar-refractivity contribution in [3.8, 4) is 5.75 Å². The van der Waals surface area contributed by atoms with E-state index in [4.69, 9.17) is 0 Å². The van der Waals surface area contributed by atoms with E-state index in [1.165, 1.54) is 0 Å². The second-order valence-electron chi connectivity index (χ2n) is 8.73. The van der Waals surface area contributed by atoms with Crippen LogP contribution in [0.4, 0.5) is 5.69 Å². The topological polar surface area (TPSA) is 49.7 Å². The van der Waals surface area contributed by atoms with Crippen molar-refractivity contribution in [1.82, 2.24) is 0 Å². The number of nitrogens with zero attached hydrogens (tertiary/aromatic N) is 1. The van der Waals surface area contributed by atoms with Crippen molar-refractivity contribution in [2.75, 3.05) is 0 Å². The third-order valence-corrected chi connectivity index (χ3v) is 4.64. The van der Waals surface area contributed by atoms with Gasteiger partial charge in [-0.15, -0.1) is 0 Å². The van der Waals surface area contributed by atoms with Crippen LogP contribution in [0.3, 0.4) is 0 Å². The highest BCUT2D eigenvalue weighted by Crippen LogP contribution is 2.40. The van der Waals surface area contributed by atoms with Gasteiger partial charge in [0.05, 0.1) is 5.69 Å². The zero-order valence-electron chi connectivity index (χ0n) is 15.8. The quantitative estimate of drug-likeness (QED) is 0.768. The van der Waals surface area contributed by atoms with Gasteiger partial charge < -0.3 is 5.11 Å². The molecule has 1 N–H and O–H groups in total. The summed E-state index contributed by atoms with van der Waals surface area (Å²) in [5.41, 5.74) is 3.69. The molecule has 0 bridgehead atoms. The summed E-state index contributed by atoms with van der Waals surface area (Å²) in [6, 6.07) is 11.3. The fraction of sp³-hybridized carbons (Fsp3) is 0.364. The third-order valence-electron chi connectivity index (χ3n) is 4.64. The fourth-order valence-electron chi connectivity index (χ4n) is 3.06. The fourth-order valence-corrected chi connectivity index (χ4v) is 3.06. The van der Waals surface area contributed by atoms with Crippen LogP contribution in [0.25, 0.3) is 0 Å². The smallest absolute Gasteiger partial charge is 0.214 e. The van der Waals surface area contributed by atoms with Crippen LogP contribution in [0.2, 0.25) is 0 Å². The summed E-state index contributed by atoms with van der Waals surface area (Å²) >= 11 is 0. The van der Waals surface area contributed by atoms with Crippen molar-refractivity contribution in [3.05, 3.63) is 58.7 Å². The highest BCUT2D eigenvalue weighted by atomic mass is 16.3. The first-order valence-corrected chi connectivity index (χ1v) is 8.61. The zero-order chi connectivity index (χ0) is 18.6. The van der Waals surface area contributed by atoms with Gasteiger partial charge in [0, 0.05) is 16.7 Å². The van der Waals surface area contributed by atoms with E-state index in [0.717, 1.165) is 11.1 Å². The second kappa shape index (κ2) is 5.55. The highest BCUT2D eigenvalue weighted by Gasteiger charge is 2.31. The first kappa shape index (κ1) is 17.4. The normalized spacial score (nSPS) is 14.5. The van der Waals surface area contributed by atoms with Crippen LogP contribution in [0, 0.1) is 0 Å². The van der Waals surface area contributed by atoms with Gasteiger partial charge >= 0.3 is 0 Å². The molecule has 0 saturated carbocycles. The van der Waals surface area contributed by atoms with Crippen LogP contribution in [0.1, 0.15) is 68.6 Å². The van der Waals surface area contributed by atoms with Crippen LogP contribution in [-0.4, -0.2) is 16.6 Å². The Bertz CT molecular complexity index is 893. The summed E-state index contributed by atoms with van der Waals surface area (Å²) in [6.07, 6.45) is 0. The number of rotatable bonds is 1. The largest absolute Gasteiger partial charge is 0.507 e. The van der Waals surface area contributed by atoms with Gasteiger partial charge in [-0.25, -0.2) is 4.99 Å². The molecule has 0 saturated heterocycles. The lowest BCUT2D eigenvalue weighted by Crippen LogP contribution is -2.20. The lowest BCUT2D eigenvalue weighted by atomic mass is 9.78.